The Bertz CT molecular complexity index is 779. The Morgan fingerprint density at radius 3 is 2.58 bits per heavy atom. The molecule has 0 bridgehead atoms. The molecule has 0 spiro atoms. The Morgan fingerprint density at radius 1 is 1.23 bits per heavy atom. The number of hydrogen-bond donors (Lipinski definition) is 2. The van der Waals surface area contributed by atoms with Crippen molar-refractivity contribution in [3.63, 3.8) is 0 Å². The molecule has 3 N–H and O–H groups in total. The number of methoxy groups -OCH3 is 1. The first-order valence-corrected chi connectivity index (χ1v) is 8.57. The molecular weight excluding hydrogens is 402 g/mol. The van der Waals surface area contributed by atoms with E-state index >= 15 is 0 Å². The van der Waals surface area contributed by atoms with E-state index in [0.717, 1.165) is 5.75 Å². The normalized spacial score (nSPS) is 10.6. The predicted octanol–water partition coefficient (Wildman–Crippen LogP) is 3.23. The summed E-state index contributed by atoms with van der Waals surface area (Å²) in [5.74, 6) is 1.87. The van der Waals surface area contributed by atoms with E-state index in [9.17, 15) is 4.79 Å². The minimum atomic E-state index is -0.735. The van der Waals surface area contributed by atoms with Crippen LogP contribution in [0.3, 0.4) is 0 Å². The van der Waals surface area contributed by atoms with Gasteiger partial charge >= 0.3 is 6.03 Å². The third-order valence-corrected chi connectivity index (χ3v) is 3.85. The second-order valence-electron chi connectivity index (χ2n) is 5.28. The lowest BCUT2D eigenvalue weighted by atomic mass is 10.2. The van der Waals surface area contributed by atoms with Crippen molar-refractivity contribution in [2.45, 2.75) is 6.92 Å². The van der Waals surface area contributed by atoms with Gasteiger partial charge < -0.3 is 19.9 Å². The van der Waals surface area contributed by atoms with E-state index in [1.165, 1.54) is 11.8 Å². The summed E-state index contributed by atoms with van der Waals surface area (Å²) in [5, 5.41) is 3.72. The molecule has 138 valence electrons. The monoisotopic (exact) mass is 421 g/mol. The Balaban J connectivity index is 1.96. The van der Waals surface area contributed by atoms with Crippen molar-refractivity contribution >= 4 is 28.2 Å². The van der Waals surface area contributed by atoms with Gasteiger partial charge in [-0.25, -0.2) is 10.2 Å². The van der Waals surface area contributed by atoms with Gasteiger partial charge in [0.1, 0.15) is 19.0 Å². The molecular formula is C18H20BrN3O4. The van der Waals surface area contributed by atoms with Gasteiger partial charge in [-0.05, 0) is 52.7 Å². The van der Waals surface area contributed by atoms with Gasteiger partial charge in [0, 0.05) is 0 Å². The van der Waals surface area contributed by atoms with Crippen LogP contribution in [0.2, 0.25) is 0 Å². The number of carbonyl (C=O) groups excluding carboxylic acids is 1. The molecule has 7 nitrogen and oxygen atoms in total. The Kier molecular flexibility index (Phi) is 7.28. The summed E-state index contributed by atoms with van der Waals surface area (Å²) in [6.07, 6.45) is 1.45. The zero-order valence-electron chi connectivity index (χ0n) is 14.5. The van der Waals surface area contributed by atoms with E-state index in [2.05, 4.69) is 26.5 Å². The van der Waals surface area contributed by atoms with Crippen LogP contribution in [0.1, 0.15) is 11.1 Å². The molecule has 2 amide bonds. The van der Waals surface area contributed by atoms with Gasteiger partial charge in [-0.3, -0.25) is 0 Å². The average Bonchev–Trinajstić information content (AvgIpc) is 2.61. The highest BCUT2D eigenvalue weighted by molar-refractivity contribution is 9.10. The average molecular weight is 422 g/mol. The zero-order valence-corrected chi connectivity index (χ0v) is 16.1. The number of primary amides is 1. The lowest BCUT2D eigenvalue weighted by Gasteiger charge is -2.14. The number of urea groups is 1. The van der Waals surface area contributed by atoms with Crippen LogP contribution in [0, 0.1) is 6.92 Å². The first kappa shape index (κ1) is 19.6. The van der Waals surface area contributed by atoms with Crippen molar-refractivity contribution in [1.29, 1.82) is 0 Å². The van der Waals surface area contributed by atoms with E-state index in [0.29, 0.717) is 34.7 Å². The van der Waals surface area contributed by atoms with Gasteiger partial charge in [0.2, 0.25) is 0 Å². The number of nitrogens with zero attached hydrogens (tertiary/aromatic N) is 1. The first-order chi connectivity index (χ1) is 12.5. The fourth-order valence-electron chi connectivity index (χ4n) is 2.06. The molecule has 2 rings (SSSR count). The van der Waals surface area contributed by atoms with Crippen molar-refractivity contribution < 1.29 is 19.0 Å². The first-order valence-electron chi connectivity index (χ1n) is 7.78. The third-order valence-electron chi connectivity index (χ3n) is 3.26. The number of hydrogen-bond acceptors (Lipinski definition) is 5. The molecule has 0 aliphatic heterocycles. The van der Waals surface area contributed by atoms with Crippen LogP contribution in [0.5, 0.6) is 17.2 Å². The van der Waals surface area contributed by atoms with Crippen molar-refractivity contribution in [3.05, 3.63) is 52.0 Å². The minimum Gasteiger partial charge on any atom is -0.493 e. The van der Waals surface area contributed by atoms with E-state index in [1.54, 1.807) is 19.2 Å². The molecule has 0 aliphatic carbocycles. The van der Waals surface area contributed by atoms with Gasteiger partial charge in [0.15, 0.2) is 11.5 Å². The second-order valence-corrected chi connectivity index (χ2v) is 6.13. The molecule has 2 aromatic carbocycles. The lowest BCUT2D eigenvalue weighted by Crippen LogP contribution is -2.24. The highest BCUT2D eigenvalue weighted by Crippen LogP contribution is 2.36. The number of ether oxygens (including phenoxy) is 3. The molecule has 0 unspecified atom stereocenters. The number of amides is 2. The number of benzene rings is 2. The molecule has 0 fully saturated rings. The topological polar surface area (TPSA) is 95.2 Å². The molecule has 0 heterocycles. The summed E-state index contributed by atoms with van der Waals surface area (Å²) in [6, 6.07) is 10.6. The summed E-state index contributed by atoms with van der Waals surface area (Å²) in [4.78, 5) is 10.6. The van der Waals surface area contributed by atoms with E-state index in [4.69, 9.17) is 19.9 Å². The van der Waals surface area contributed by atoms with Gasteiger partial charge in [-0.2, -0.15) is 5.10 Å². The summed E-state index contributed by atoms with van der Waals surface area (Å²) in [6.45, 7) is 2.76. The van der Waals surface area contributed by atoms with Gasteiger partial charge in [0.25, 0.3) is 0 Å². The largest absolute Gasteiger partial charge is 0.493 e. The Labute approximate surface area is 160 Å². The van der Waals surface area contributed by atoms with Crippen LogP contribution >= 0.6 is 15.9 Å². The highest BCUT2D eigenvalue weighted by Gasteiger charge is 2.11. The van der Waals surface area contributed by atoms with Crippen molar-refractivity contribution in [2.75, 3.05) is 20.3 Å². The third kappa shape index (κ3) is 5.96. The molecule has 0 saturated heterocycles. The van der Waals surface area contributed by atoms with Crippen molar-refractivity contribution in [2.24, 2.45) is 10.8 Å². The maximum atomic E-state index is 10.6. The SMILES string of the molecule is COc1cc(C=NNC(N)=O)cc(Br)c1OCCOc1ccc(C)cc1. The van der Waals surface area contributed by atoms with Crippen LogP contribution in [-0.4, -0.2) is 32.6 Å². The molecule has 0 saturated carbocycles. The van der Waals surface area contributed by atoms with Crippen LogP contribution in [-0.2, 0) is 0 Å². The number of nitrogens with one attached hydrogen (secondary N) is 1. The highest BCUT2D eigenvalue weighted by atomic mass is 79.9. The number of aryl methyl sites for hydroxylation is 1. The Morgan fingerprint density at radius 2 is 1.92 bits per heavy atom. The van der Waals surface area contributed by atoms with E-state index in [1.807, 2.05) is 31.2 Å². The fraction of sp³-hybridized carbons (Fsp3) is 0.222. The fourth-order valence-corrected chi connectivity index (χ4v) is 2.64. The lowest BCUT2D eigenvalue weighted by molar-refractivity contribution is 0.210. The van der Waals surface area contributed by atoms with Crippen LogP contribution < -0.4 is 25.4 Å². The van der Waals surface area contributed by atoms with E-state index in [-0.39, 0.29) is 0 Å². The smallest absolute Gasteiger partial charge is 0.332 e. The summed E-state index contributed by atoms with van der Waals surface area (Å²) < 4.78 is 17.5. The molecule has 0 atom stereocenters. The number of carbonyl (C=O) groups is 1. The quantitative estimate of drug-likeness (QED) is 0.388. The molecule has 0 aliphatic rings. The van der Waals surface area contributed by atoms with Crippen LogP contribution in [0.25, 0.3) is 0 Å². The molecule has 2 aromatic rings. The van der Waals surface area contributed by atoms with Crippen LogP contribution in [0.4, 0.5) is 4.79 Å². The van der Waals surface area contributed by atoms with Gasteiger partial charge in [-0.15, -0.1) is 0 Å². The van der Waals surface area contributed by atoms with Crippen molar-refractivity contribution in [1.82, 2.24) is 5.43 Å². The maximum absolute atomic E-state index is 10.6. The van der Waals surface area contributed by atoms with Crippen molar-refractivity contribution in [3.8, 4) is 17.2 Å². The maximum Gasteiger partial charge on any atom is 0.332 e. The van der Waals surface area contributed by atoms with Gasteiger partial charge in [-0.1, -0.05) is 17.7 Å². The Hall–Kier alpha value is -2.74. The number of hydrazone groups is 1. The zero-order chi connectivity index (χ0) is 18.9. The predicted molar refractivity (Wildman–Crippen MR) is 103 cm³/mol. The second kappa shape index (κ2) is 9.67. The molecule has 26 heavy (non-hydrogen) atoms. The molecule has 0 aromatic heterocycles. The molecule has 0 radical (unpaired) electrons. The standard InChI is InChI=1S/C18H20BrN3O4/c1-12-3-5-14(6-4-12)25-7-8-26-17-15(19)9-13(10-16(17)24-2)11-21-22-18(20)23/h3-6,9-11H,7-8H2,1-2H3,(H3,20,22,23). The minimum absolute atomic E-state index is 0.347. The van der Waals surface area contributed by atoms with E-state index < -0.39 is 6.03 Å². The number of nitrogens with two attached hydrogens (primary N) is 1. The van der Waals surface area contributed by atoms with Crippen LogP contribution in [0.15, 0.2) is 46.0 Å². The number of rotatable bonds is 8. The molecule has 8 heteroatoms. The summed E-state index contributed by atoms with van der Waals surface area (Å²) in [7, 11) is 1.54. The van der Waals surface area contributed by atoms with Gasteiger partial charge in [0.05, 0.1) is 17.8 Å². The summed E-state index contributed by atoms with van der Waals surface area (Å²) in [5.41, 5.74) is 8.96. The number of halogens is 1. The summed E-state index contributed by atoms with van der Waals surface area (Å²) >= 11 is 3.45.